The molecule has 0 unspecified atom stereocenters. The minimum atomic E-state index is 0.486. The van der Waals surface area contributed by atoms with Crippen molar-refractivity contribution >= 4 is 0 Å². The Kier molecular flexibility index (Phi) is 6.65. The van der Waals surface area contributed by atoms with Crippen LogP contribution in [0.5, 0.6) is 0 Å². The molecular formula is C16H34N2. The minimum Gasteiger partial charge on any atom is -0.319 e. The van der Waals surface area contributed by atoms with E-state index >= 15 is 0 Å². The van der Waals surface area contributed by atoms with Crippen molar-refractivity contribution in [3.05, 3.63) is 0 Å². The van der Waals surface area contributed by atoms with Gasteiger partial charge in [0.15, 0.2) is 0 Å². The largest absolute Gasteiger partial charge is 0.319 e. The van der Waals surface area contributed by atoms with Crippen LogP contribution in [-0.2, 0) is 0 Å². The molecule has 1 fully saturated rings. The number of hydrogen-bond acceptors (Lipinski definition) is 2. The van der Waals surface area contributed by atoms with E-state index in [0.29, 0.717) is 5.41 Å². The highest BCUT2D eigenvalue weighted by Gasteiger charge is 2.30. The van der Waals surface area contributed by atoms with Crippen molar-refractivity contribution in [2.45, 2.75) is 53.4 Å². The molecule has 0 spiro atoms. The second kappa shape index (κ2) is 7.49. The van der Waals surface area contributed by atoms with Gasteiger partial charge in [-0.25, -0.2) is 0 Å². The van der Waals surface area contributed by atoms with Crippen LogP contribution in [0, 0.1) is 17.3 Å². The molecule has 0 aromatic heterocycles. The molecule has 2 heteroatoms. The van der Waals surface area contributed by atoms with E-state index in [0.717, 1.165) is 18.4 Å². The molecule has 0 aromatic rings. The fourth-order valence-electron chi connectivity index (χ4n) is 3.41. The van der Waals surface area contributed by atoms with E-state index in [4.69, 9.17) is 0 Å². The van der Waals surface area contributed by atoms with E-state index in [-0.39, 0.29) is 0 Å². The van der Waals surface area contributed by atoms with Gasteiger partial charge >= 0.3 is 0 Å². The Morgan fingerprint density at radius 1 is 1.17 bits per heavy atom. The summed E-state index contributed by atoms with van der Waals surface area (Å²) in [5.41, 5.74) is 0.486. The van der Waals surface area contributed by atoms with Crippen LogP contribution in [0.2, 0.25) is 0 Å². The maximum atomic E-state index is 3.40. The number of hydrogen-bond donors (Lipinski definition) is 1. The summed E-state index contributed by atoms with van der Waals surface area (Å²) in [7, 11) is 2.09. The third kappa shape index (κ3) is 4.24. The molecule has 0 aromatic carbocycles. The molecule has 18 heavy (non-hydrogen) atoms. The van der Waals surface area contributed by atoms with E-state index in [1.165, 1.54) is 45.3 Å². The Hall–Kier alpha value is -0.0800. The number of nitrogens with one attached hydrogen (secondary N) is 1. The van der Waals surface area contributed by atoms with E-state index in [9.17, 15) is 0 Å². The van der Waals surface area contributed by atoms with Crippen LogP contribution in [0.25, 0.3) is 0 Å². The summed E-state index contributed by atoms with van der Waals surface area (Å²) in [6.07, 6.45) is 5.38. The van der Waals surface area contributed by atoms with Crippen molar-refractivity contribution in [3.8, 4) is 0 Å². The predicted octanol–water partition coefficient (Wildman–Crippen LogP) is 3.38. The Balaban J connectivity index is 2.47. The van der Waals surface area contributed by atoms with Gasteiger partial charge in [0, 0.05) is 13.1 Å². The molecule has 1 saturated heterocycles. The molecule has 1 rings (SSSR count). The summed E-state index contributed by atoms with van der Waals surface area (Å²) in [5, 5.41) is 3.40. The number of rotatable bonds is 7. The van der Waals surface area contributed by atoms with Crippen molar-refractivity contribution < 1.29 is 0 Å². The van der Waals surface area contributed by atoms with Gasteiger partial charge in [-0.2, -0.15) is 0 Å². The number of likely N-dealkylation sites (tertiary alicyclic amines) is 1. The fraction of sp³-hybridized carbons (Fsp3) is 1.00. The first-order valence-electron chi connectivity index (χ1n) is 7.94. The van der Waals surface area contributed by atoms with Gasteiger partial charge in [0.05, 0.1) is 0 Å². The summed E-state index contributed by atoms with van der Waals surface area (Å²) in [6.45, 7) is 14.5. The van der Waals surface area contributed by atoms with Crippen LogP contribution in [0.4, 0.5) is 0 Å². The van der Waals surface area contributed by atoms with Gasteiger partial charge in [-0.3, -0.25) is 0 Å². The van der Waals surface area contributed by atoms with Crippen molar-refractivity contribution in [2.75, 3.05) is 33.2 Å². The van der Waals surface area contributed by atoms with Crippen LogP contribution in [0.15, 0.2) is 0 Å². The van der Waals surface area contributed by atoms with E-state index in [1.54, 1.807) is 0 Å². The van der Waals surface area contributed by atoms with Crippen molar-refractivity contribution in [2.24, 2.45) is 17.3 Å². The molecule has 0 bridgehead atoms. The molecule has 0 saturated carbocycles. The van der Waals surface area contributed by atoms with Crippen LogP contribution in [-0.4, -0.2) is 38.1 Å². The lowest BCUT2D eigenvalue weighted by molar-refractivity contribution is 0.0912. The van der Waals surface area contributed by atoms with Gasteiger partial charge in [0.1, 0.15) is 0 Å². The smallest absolute Gasteiger partial charge is 0.00499 e. The zero-order chi connectivity index (χ0) is 13.6. The van der Waals surface area contributed by atoms with Crippen molar-refractivity contribution in [3.63, 3.8) is 0 Å². The quantitative estimate of drug-likeness (QED) is 0.749. The molecule has 0 radical (unpaired) electrons. The third-order valence-electron chi connectivity index (χ3n) is 5.19. The van der Waals surface area contributed by atoms with Gasteiger partial charge in [-0.05, 0) is 63.1 Å². The standard InChI is InChI=1S/C16H34N2/c1-6-16(7-2,12-17-5)13-18-10-8-15(9-11-18)14(3)4/h14-15,17H,6-13H2,1-5H3. The van der Waals surface area contributed by atoms with Crippen molar-refractivity contribution in [1.29, 1.82) is 0 Å². The maximum absolute atomic E-state index is 3.40. The molecule has 1 aliphatic heterocycles. The average molecular weight is 254 g/mol. The van der Waals surface area contributed by atoms with Gasteiger partial charge < -0.3 is 10.2 Å². The van der Waals surface area contributed by atoms with Gasteiger partial charge in [-0.1, -0.05) is 27.7 Å². The highest BCUT2D eigenvalue weighted by molar-refractivity contribution is 4.85. The Morgan fingerprint density at radius 2 is 1.72 bits per heavy atom. The third-order valence-corrected chi connectivity index (χ3v) is 5.19. The van der Waals surface area contributed by atoms with Crippen LogP contribution in [0.1, 0.15) is 53.4 Å². The number of nitrogens with zero attached hydrogens (tertiary/aromatic N) is 1. The molecule has 1 aliphatic rings. The zero-order valence-electron chi connectivity index (χ0n) is 13.3. The van der Waals surface area contributed by atoms with Crippen LogP contribution < -0.4 is 5.32 Å². The molecule has 0 amide bonds. The lowest BCUT2D eigenvalue weighted by atomic mass is 9.80. The molecule has 0 atom stereocenters. The fourth-order valence-corrected chi connectivity index (χ4v) is 3.41. The van der Waals surface area contributed by atoms with Crippen LogP contribution >= 0.6 is 0 Å². The first-order valence-corrected chi connectivity index (χ1v) is 7.94. The molecule has 108 valence electrons. The zero-order valence-corrected chi connectivity index (χ0v) is 13.3. The highest BCUT2D eigenvalue weighted by Crippen LogP contribution is 2.30. The number of piperidine rings is 1. The van der Waals surface area contributed by atoms with Gasteiger partial charge in [0.2, 0.25) is 0 Å². The summed E-state index contributed by atoms with van der Waals surface area (Å²) in [6, 6.07) is 0. The molecular weight excluding hydrogens is 220 g/mol. The molecule has 1 heterocycles. The summed E-state index contributed by atoms with van der Waals surface area (Å²) in [4.78, 5) is 2.71. The monoisotopic (exact) mass is 254 g/mol. The van der Waals surface area contributed by atoms with Gasteiger partial charge in [-0.15, -0.1) is 0 Å². The lowest BCUT2D eigenvalue weighted by Gasteiger charge is -2.41. The Bertz CT molecular complexity index is 213. The molecule has 2 nitrogen and oxygen atoms in total. The van der Waals surface area contributed by atoms with Crippen LogP contribution in [0.3, 0.4) is 0 Å². The van der Waals surface area contributed by atoms with E-state index in [2.05, 4.69) is 45.0 Å². The second-order valence-corrected chi connectivity index (χ2v) is 6.60. The summed E-state index contributed by atoms with van der Waals surface area (Å²) in [5.74, 6) is 1.83. The lowest BCUT2D eigenvalue weighted by Crippen LogP contribution is -2.46. The maximum Gasteiger partial charge on any atom is 0.00499 e. The molecule has 0 aliphatic carbocycles. The van der Waals surface area contributed by atoms with E-state index in [1.807, 2.05) is 0 Å². The normalized spacial score (nSPS) is 19.7. The predicted molar refractivity (Wildman–Crippen MR) is 80.9 cm³/mol. The SMILES string of the molecule is CCC(CC)(CNC)CN1CCC(C(C)C)CC1. The summed E-state index contributed by atoms with van der Waals surface area (Å²) < 4.78 is 0. The minimum absolute atomic E-state index is 0.486. The highest BCUT2D eigenvalue weighted by atomic mass is 15.1. The summed E-state index contributed by atoms with van der Waals surface area (Å²) >= 11 is 0. The second-order valence-electron chi connectivity index (χ2n) is 6.60. The molecule has 1 N–H and O–H groups in total. The van der Waals surface area contributed by atoms with Gasteiger partial charge in [0.25, 0.3) is 0 Å². The topological polar surface area (TPSA) is 15.3 Å². The first kappa shape index (κ1) is 16.0. The average Bonchev–Trinajstić information content (AvgIpc) is 2.38. The Labute approximate surface area is 115 Å². The Morgan fingerprint density at radius 3 is 2.11 bits per heavy atom. The van der Waals surface area contributed by atoms with E-state index < -0.39 is 0 Å². The van der Waals surface area contributed by atoms with Crippen molar-refractivity contribution in [1.82, 2.24) is 10.2 Å². The first-order chi connectivity index (χ1) is 8.56.